The van der Waals surface area contributed by atoms with Crippen molar-refractivity contribution in [3.05, 3.63) is 124 Å². The van der Waals surface area contributed by atoms with E-state index in [0.717, 1.165) is 40.1 Å². The fourth-order valence-electron chi connectivity index (χ4n) is 5.77. The molecule has 2 N–H and O–H groups in total. The molecule has 1 spiro atoms. The molecule has 1 aliphatic carbocycles. The number of para-hydroxylation sites is 1. The van der Waals surface area contributed by atoms with E-state index < -0.39 is 5.41 Å². The lowest BCUT2D eigenvalue weighted by atomic mass is 9.59. The highest BCUT2D eigenvalue weighted by Crippen LogP contribution is 2.60. The van der Waals surface area contributed by atoms with Gasteiger partial charge in [-0.1, -0.05) is 66.7 Å². The van der Waals surface area contributed by atoms with E-state index in [1.54, 1.807) is 0 Å². The molecule has 6 nitrogen and oxygen atoms in total. The van der Waals surface area contributed by atoms with Crippen LogP contribution in [0, 0.1) is 6.92 Å². The zero-order valence-corrected chi connectivity index (χ0v) is 18.6. The molecule has 3 aromatic carbocycles. The van der Waals surface area contributed by atoms with Gasteiger partial charge in [0.15, 0.2) is 0 Å². The molecule has 0 saturated carbocycles. The summed E-state index contributed by atoms with van der Waals surface area (Å²) in [6, 6.07) is 27.1. The van der Waals surface area contributed by atoms with E-state index in [-0.39, 0.29) is 0 Å². The summed E-state index contributed by atoms with van der Waals surface area (Å²) in [4.78, 5) is 8.98. The van der Waals surface area contributed by atoms with E-state index in [1.807, 2.05) is 41.9 Å². The maximum atomic E-state index is 6.63. The highest BCUT2D eigenvalue weighted by atomic mass is 16.5. The van der Waals surface area contributed by atoms with Crippen molar-refractivity contribution in [2.24, 2.45) is 0 Å². The standard InChI is InChI=1S/C28H21N5O/c1-17-23-27(33(32-17)20-11-3-2-4-12-20)34-26-24(25(29)30-16-31-26)28(23)21-13-7-5-9-18(21)15-19-10-6-8-14-22(19)28/h2-14,16H,15H2,1H3,(H2,29,30,31). The molecule has 5 aromatic rings. The zero-order chi connectivity index (χ0) is 22.9. The number of benzene rings is 3. The molecular weight excluding hydrogens is 422 g/mol. The van der Waals surface area contributed by atoms with Crippen LogP contribution >= 0.6 is 0 Å². The molecule has 2 aromatic heterocycles. The molecule has 0 bridgehead atoms. The van der Waals surface area contributed by atoms with Crippen molar-refractivity contribution in [3.8, 4) is 17.4 Å². The number of rotatable bonds is 1. The van der Waals surface area contributed by atoms with Crippen LogP contribution in [0.25, 0.3) is 5.69 Å². The van der Waals surface area contributed by atoms with Gasteiger partial charge in [-0.05, 0) is 47.7 Å². The molecule has 0 radical (unpaired) electrons. The van der Waals surface area contributed by atoms with E-state index in [1.165, 1.54) is 17.5 Å². The Balaban J connectivity index is 1.69. The van der Waals surface area contributed by atoms with Gasteiger partial charge in [-0.25, -0.2) is 14.6 Å². The van der Waals surface area contributed by atoms with Crippen molar-refractivity contribution in [1.29, 1.82) is 0 Å². The quantitative estimate of drug-likeness (QED) is 0.389. The number of aryl methyl sites for hydroxylation is 1. The predicted molar refractivity (Wildman–Crippen MR) is 129 cm³/mol. The Morgan fingerprint density at radius 3 is 2.18 bits per heavy atom. The van der Waals surface area contributed by atoms with E-state index in [4.69, 9.17) is 15.6 Å². The highest BCUT2D eigenvalue weighted by molar-refractivity contribution is 5.76. The van der Waals surface area contributed by atoms with Gasteiger partial charge >= 0.3 is 0 Å². The fraction of sp³-hybridized carbons (Fsp3) is 0.107. The predicted octanol–water partition coefficient (Wildman–Crippen LogP) is 4.95. The van der Waals surface area contributed by atoms with Crippen molar-refractivity contribution >= 4 is 5.82 Å². The van der Waals surface area contributed by atoms with Crippen LogP contribution in [-0.2, 0) is 11.8 Å². The summed E-state index contributed by atoms with van der Waals surface area (Å²) in [6.07, 6.45) is 2.31. The Morgan fingerprint density at radius 2 is 1.47 bits per heavy atom. The average Bonchev–Trinajstić information content (AvgIpc) is 3.21. The summed E-state index contributed by atoms with van der Waals surface area (Å²) >= 11 is 0. The number of nitrogen functional groups attached to an aromatic ring is 1. The van der Waals surface area contributed by atoms with Gasteiger partial charge < -0.3 is 10.5 Å². The number of anilines is 1. The maximum absolute atomic E-state index is 6.63. The Hall–Kier alpha value is -4.45. The van der Waals surface area contributed by atoms with E-state index in [9.17, 15) is 0 Å². The number of nitrogens with zero attached hydrogens (tertiary/aromatic N) is 4. The Labute approximate surface area is 196 Å². The van der Waals surface area contributed by atoms with Crippen molar-refractivity contribution in [2.45, 2.75) is 18.8 Å². The van der Waals surface area contributed by atoms with Gasteiger partial charge in [-0.3, -0.25) is 0 Å². The minimum atomic E-state index is -0.739. The normalized spacial score (nSPS) is 14.5. The van der Waals surface area contributed by atoms with E-state index >= 15 is 0 Å². The molecule has 34 heavy (non-hydrogen) atoms. The number of hydrogen-bond donors (Lipinski definition) is 1. The summed E-state index contributed by atoms with van der Waals surface area (Å²) < 4.78 is 8.36. The van der Waals surface area contributed by atoms with Gasteiger partial charge in [0.25, 0.3) is 0 Å². The zero-order valence-electron chi connectivity index (χ0n) is 18.6. The first-order chi connectivity index (χ1) is 16.7. The SMILES string of the molecule is Cc1nn(-c2ccccc2)c2c1C1(c3ccccc3Cc3ccccc31)c1c(N)ncnc1O2. The fourth-order valence-corrected chi connectivity index (χ4v) is 5.77. The smallest absolute Gasteiger partial charge is 0.231 e. The van der Waals surface area contributed by atoms with Crippen LogP contribution in [-0.4, -0.2) is 19.7 Å². The van der Waals surface area contributed by atoms with Crippen molar-refractivity contribution < 1.29 is 4.74 Å². The lowest BCUT2D eigenvalue weighted by Crippen LogP contribution is -2.40. The summed E-state index contributed by atoms with van der Waals surface area (Å²) in [7, 11) is 0. The molecule has 6 heteroatoms. The number of ether oxygens (including phenoxy) is 1. The first-order valence-corrected chi connectivity index (χ1v) is 11.3. The molecule has 0 saturated heterocycles. The molecule has 7 rings (SSSR count). The molecular formula is C28H21N5O. The average molecular weight is 444 g/mol. The minimum absolute atomic E-state index is 0.411. The Bertz CT molecular complexity index is 1540. The van der Waals surface area contributed by atoms with Gasteiger partial charge in [-0.2, -0.15) is 5.10 Å². The van der Waals surface area contributed by atoms with Gasteiger partial charge in [0, 0.05) is 0 Å². The molecule has 0 unspecified atom stereocenters. The molecule has 2 aliphatic rings. The first-order valence-electron chi connectivity index (χ1n) is 11.3. The summed E-state index contributed by atoms with van der Waals surface area (Å²) in [5, 5.41) is 4.97. The van der Waals surface area contributed by atoms with Crippen LogP contribution in [0.5, 0.6) is 11.8 Å². The summed E-state index contributed by atoms with van der Waals surface area (Å²) in [5.74, 6) is 1.53. The summed E-state index contributed by atoms with van der Waals surface area (Å²) in [6.45, 7) is 2.04. The van der Waals surface area contributed by atoms with Crippen LogP contribution in [0.1, 0.15) is 39.1 Å². The molecule has 1 aliphatic heterocycles. The van der Waals surface area contributed by atoms with Gasteiger partial charge in [0.1, 0.15) is 12.1 Å². The second-order valence-corrected chi connectivity index (χ2v) is 8.80. The molecule has 3 heterocycles. The highest BCUT2D eigenvalue weighted by Gasteiger charge is 2.54. The van der Waals surface area contributed by atoms with Crippen molar-refractivity contribution in [3.63, 3.8) is 0 Å². The van der Waals surface area contributed by atoms with E-state index in [2.05, 4.69) is 58.5 Å². The third kappa shape index (κ3) is 2.32. The molecule has 0 atom stereocenters. The minimum Gasteiger partial charge on any atom is -0.420 e. The van der Waals surface area contributed by atoms with Crippen LogP contribution < -0.4 is 10.5 Å². The largest absolute Gasteiger partial charge is 0.420 e. The number of fused-ring (bicyclic) bond motifs is 8. The van der Waals surface area contributed by atoms with Crippen LogP contribution in [0.2, 0.25) is 0 Å². The Kier molecular flexibility index (Phi) is 3.80. The molecule has 164 valence electrons. The van der Waals surface area contributed by atoms with Crippen LogP contribution in [0.15, 0.2) is 85.2 Å². The monoisotopic (exact) mass is 443 g/mol. The van der Waals surface area contributed by atoms with E-state index in [0.29, 0.717) is 17.6 Å². The lowest BCUT2D eigenvalue weighted by molar-refractivity contribution is 0.387. The third-order valence-corrected chi connectivity index (χ3v) is 7.03. The van der Waals surface area contributed by atoms with Crippen molar-refractivity contribution in [2.75, 3.05) is 5.73 Å². The second kappa shape index (κ2) is 6.78. The molecule has 0 fully saturated rings. The topological polar surface area (TPSA) is 78.9 Å². The molecule has 0 amide bonds. The van der Waals surface area contributed by atoms with Gasteiger partial charge in [0.05, 0.1) is 27.9 Å². The van der Waals surface area contributed by atoms with Gasteiger partial charge in [-0.15, -0.1) is 0 Å². The lowest BCUT2D eigenvalue weighted by Gasteiger charge is -2.44. The maximum Gasteiger partial charge on any atom is 0.231 e. The summed E-state index contributed by atoms with van der Waals surface area (Å²) in [5.41, 5.74) is 14.3. The van der Waals surface area contributed by atoms with Gasteiger partial charge in [0.2, 0.25) is 11.8 Å². The van der Waals surface area contributed by atoms with Crippen molar-refractivity contribution in [1.82, 2.24) is 19.7 Å². The first kappa shape index (κ1) is 19.1. The number of nitrogens with two attached hydrogens (primary N) is 1. The second-order valence-electron chi connectivity index (χ2n) is 8.80. The van der Waals surface area contributed by atoms with Crippen LogP contribution in [0.4, 0.5) is 5.82 Å². The number of aromatic nitrogens is 4. The van der Waals surface area contributed by atoms with Crippen LogP contribution in [0.3, 0.4) is 0 Å². The number of hydrogen-bond acceptors (Lipinski definition) is 5. The third-order valence-electron chi connectivity index (χ3n) is 7.03. The Morgan fingerprint density at radius 1 is 0.824 bits per heavy atom.